The Balaban J connectivity index is 1.96. The number of hydrogen-bond donors (Lipinski definition) is 1. The molecular formula is C16H22N2O4S. The van der Waals surface area contributed by atoms with Crippen molar-refractivity contribution in [2.24, 2.45) is 5.92 Å². The second-order valence-electron chi connectivity index (χ2n) is 5.89. The molecule has 1 aliphatic rings. The normalized spacial score (nSPS) is 16.3. The van der Waals surface area contributed by atoms with Crippen LogP contribution in [0.3, 0.4) is 0 Å². The summed E-state index contributed by atoms with van der Waals surface area (Å²) in [6, 6.07) is 6.03. The largest absolute Gasteiger partial charge is 0.343 e. The van der Waals surface area contributed by atoms with Gasteiger partial charge in [-0.3, -0.25) is 9.59 Å². The van der Waals surface area contributed by atoms with Crippen molar-refractivity contribution in [1.82, 2.24) is 9.62 Å². The highest BCUT2D eigenvalue weighted by molar-refractivity contribution is 7.89. The van der Waals surface area contributed by atoms with Gasteiger partial charge < -0.3 is 4.90 Å². The van der Waals surface area contributed by atoms with Gasteiger partial charge in [0.2, 0.25) is 15.9 Å². The molecule has 0 atom stereocenters. The molecule has 0 saturated carbocycles. The molecule has 1 amide bonds. The van der Waals surface area contributed by atoms with Crippen LogP contribution >= 0.6 is 0 Å². The first kappa shape index (κ1) is 17.6. The summed E-state index contributed by atoms with van der Waals surface area (Å²) in [6.07, 6.45) is 1.57. The van der Waals surface area contributed by atoms with Gasteiger partial charge in [-0.15, -0.1) is 0 Å². The average Bonchev–Trinajstić information content (AvgIpc) is 2.53. The highest BCUT2D eigenvalue weighted by Gasteiger charge is 2.23. The zero-order valence-corrected chi connectivity index (χ0v) is 14.2. The molecule has 1 saturated heterocycles. The number of rotatable bonds is 5. The Bertz CT molecular complexity index is 692. The van der Waals surface area contributed by atoms with E-state index in [1.165, 1.54) is 19.1 Å². The van der Waals surface area contributed by atoms with Crippen LogP contribution in [-0.4, -0.2) is 44.6 Å². The van der Waals surface area contributed by atoms with Crippen LogP contribution in [0.15, 0.2) is 29.2 Å². The summed E-state index contributed by atoms with van der Waals surface area (Å²) in [5.41, 5.74) is 0.377. The zero-order chi connectivity index (χ0) is 17.0. The molecule has 1 aromatic carbocycles. The number of Topliss-reactive ketones (excluding diaryl/α,β-unsaturated/α-hetero) is 1. The number of carbonyl (C=O) groups excluding carboxylic acids is 2. The van der Waals surface area contributed by atoms with E-state index in [1.807, 2.05) is 0 Å². The van der Waals surface area contributed by atoms with Crippen LogP contribution in [-0.2, 0) is 14.8 Å². The van der Waals surface area contributed by atoms with E-state index in [9.17, 15) is 18.0 Å². The third-order valence-electron chi connectivity index (χ3n) is 4.17. The van der Waals surface area contributed by atoms with E-state index in [4.69, 9.17) is 0 Å². The van der Waals surface area contributed by atoms with Gasteiger partial charge in [-0.1, -0.05) is 12.1 Å². The number of amides is 1. The first-order valence-corrected chi connectivity index (χ1v) is 9.14. The molecule has 1 fully saturated rings. The molecule has 6 nitrogen and oxygen atoms in total. The minimum Gasteiger partial charge on any atom is -0.343 e. The summed E-state index contributed by atoms with van der Waals surface area (Å²) in [6.45, 7) is 4.63. The number of benzene rings is 1. The number of carbonyl (C=O) groups is 2. The standard InChI is InChI=1S/C16H22N2O4S/c1-12(19)15-4-3-5-16(10-15)23(21,22)17-11-14-6-8-18(9-7-14)13(2)20/h3-5,10,14,17H,6-9,11H2,1-2H3. The fourth-order valence-electron chi connectivity index (χ4n) is 2.65. The Morgan fingerprint density at radius 2 is 1.87 bits per heavy atom. The molecular weight excluding hydrogens is 316 g/mol. The summed E-state index contributed by atoms with van der Waals surface area (Å²) in [5.74, 6) is 0.111. The lowest BCUT2D eigenvalue weighted by atomic mass is 9.97. The van der Waals surface area contributed by atoms with Crippen LogP contribution < -0.4 is 4.72 Å². The van der Waals surface area contributed by atoms with Gasteiger partial charge in [-0.2, -0.15) is 0 Å². The van der Waals surface area contributed by atoms with Crippen LogP contribution in [0.1, 0.15) is 37.0 Å². The van der Waals surface area contributed by atoms with Gasteiger partial charge in [0.15, 0.2) is 5.78 Å². The van der Waals surface area contributed by atoms with Crippen LogP contribution in [0.4, 0.5) is 0 Å². The maximum Gasteiger partial charge on any atom is 0.240 e. The number of piperidine rings is 1. The molecule has 0 aliphatic carbocycles. The van der Waals surface area contributed by atoms with Crippen molar-refractivity contribution in [3.05, 3.63) is 29.8 Å². The second-order valence-corrected chi connectivity index (χ2v) is 7.65. The van der Waals surface area contributed by atoms with Crippen molar-refractivity contribution in [2.75, 3.05) is 19.6 Å². The summed E-state index contributed by atoms with van der Waals surface area (Å²) in [4.78, 5) is 24.5. The van der Waals surface area contributed by atoms with Gasteiger partial charge in [-0.25, -0.2) is 13.1 Å². The summed E-state index contributed by atoms with van der Waals surface area (Å²) < 4.78 is 27.3. The van der Waals surface area contributed by atoms with Crippen LogP contribution in [0.5, 0.6) is 0 Å². The first-order valence-electron chi connectivity index (χ1n) is 7.66. The fraction of sp³-hybridized carbons (Fsp3) is 0.500. The Hall–Kier alpha value is -1.73. The van der Waals surface area contributed by atoms with E-state index in [0.717, 1.165) is 12.8 Å². The number of hydrogen-bond acceptors (Lipinski definition) is 4. The second kappa shape index (κ2) is 7.23. The number of likely N-dealkylation sites (tertiary alicyclic amines) is 1. The van der Waals surface area contributed by atoms with E-state index in [-0.39, 0.29) is 22.5 Å². The maximum atomic E-state index is 12.3. The molecule has 1 N–H and O–H groups in total. The molecule has 126 valence electrons. The molecule has 0 unspecified atom stereocenters. The number of ketones is 1. The van der Waals surface area contributed by atoms with Gasteiger partial charge in [0.25, 0.3) is 0 Å². The minimum absolute atomic E-state index is 0.0603. The van der Waals surface area contributed by atoms with Gasteiger partial charge in [-0.05, 0) is 37.8 Å². The highest BCUT2D eigenvalue weighted by Crippen LogP contribution is 2.18. The number of sulfonamides is 1. The minimum atomic E-state index is -3.63. The van der Waals surface area contributed by atoms with Crippen LogP contribution in [0.25, 0.3) is 0 Å². The van der Waals surface area contributed by atoms with E-state index in [1.54, 1.807) is 24.0 Å². The van der Waals surface area contributed by atoms with Gasteiger partial charge in [0.05, 0.1) is 4.90 Å². The monoisotopic (exact) mass is 338 g/mol. The lowest BCUT2D eigenvalue weighted by Crippen LogP contribution is -2.40. The molecule has 23 heavy (non-hydrogen) atoms. The quantitative estimate of drug-likeness (QED) is 0.823. The topological polar surface area (TPSA) is 83.6 Å². The highest BCUT2D eigenvalue weighted by atomic mass is 32.2. The molecule has 0 spiro atoms. The predicted octanol–water partition coefficient (Wildman–Crippen LogP) is 1.43. The van der Waals surface area contributed by atoms with Gasteiger partial charge in [0, 0.05) is 32.1 Å². The zero-order valence-electron chi connectivity index (χ0n) is 13.4. The summed E-state index contributed by atoms with van der Waals surface area (Å²) >= 11 is 0. The maximum absolute atomic E-state index is 12.3. The Labute approximate surface area is 136 Å². The summed E-state index contributed by atoms with van der Waals surface area (Å²) in [7, 11) is -3.63. The van der Waals surface area contributed by atoms with E-state index < -0.39 is 10.0 Å². The summed E-state index contributed by atoms with van der Waals surface area (Å²) in [5, 5.41) is 0. The third kappa shape index (κ3) is 4.62. The molecule has 1 heterocycles. The molecule has 1 aliphatic heterocycles. The number of nitrogens with one attached hydrogen (secondary N) is 1. The first-order chi connectivity index (χ1) is 10.8. The van der Waals surface area contributed by atoms with Crippen molar-refractivity contribution >= 4 is 21.7 Å². The van der Waals surface area contributed by atoms with Crippen LogP contribution in [0.2, 0.25) is 0 Å². The van der Waals surface area contributed by atoms with Crippen molar-refractivity contribution < 1.29 is 18.0 Å². The molecule has 0 radical (unpaired) electrons. The lowest BCUT2D eigenvalue weighted by Gasteiger charge is -2.31. The van der Waals surface area contributed by atoms with Crippen molar-refractivity contribution in [2.45, 2.75) is 31.6 Å². The fourth-order valence-corrected chi connectivity index (χ4v) is 3.81. The van der Waals surface area contributed by atoms with Gasteiger partial charge >= 0.3 is 0 Å². The smallest absolute Gasteiger partial charge is 0.240 e. The van der Waals surface area contributed by atoms with Crippen molar-refractivity contribution in [3.8, 4) is 0 Å². The van der Waals surface area contributed by atoms with Crippen LogP contribution in [0, 0.1) is 5.92 Å². The van der Waals surface area contributed by atoms with E-state index in [2.05, 4.69) is 4.72 Å². The van der Waals surface area contributed by atoms with E-state index >= 15 is 0 Å². The average molecular weight is 338 g/mol. The predicted molar refractivity (Wildman–Crippen MR) is 86.6 cm³/mol. The van der Waals surface area contributed by atoms with Crippen molar-refractivity contribution in [3.63, 3.8) is 0 Å². The van der Waals surface area contributed by atoms with E-state index in [0.29, 0.717) is 25.2 Å². The molecule has 2 rings (SSSR count). The Morgan fingerprint density at radius 1 is 1.22 bits per heavy atom. The van der Waals surface area contributed by atoms with Crippen molar-refractivity contribution in [1.29, 1.82) is 0 Å². The lowest BCUT2D eigenvalue weighted by molar-refractivity contribution is -0.130. The Morgan fingerprint density at radius 3 is 2.43 bits per heavy atom. The number of nitrogens with zero attached hydrogens (tertiary/aromatic N) is 1. The SMILES string of the molecule is CC(=O)c1cccc(S(=O)(=O)NCC2CCN(C(C)=O)CC2)c1. The van der Waals surface area contributed by atoms with Gasteiger partial charge in [0.1, 0.15) is 0 Å². The molecule has 0 aromatic heterocycles. The molecule has 7 heteroatoms. The molecule has 1 aromatic rings. The third-order valence-corrected chi connectivity index (χ3v) is 5.59. The molecule has 0 bridgehead atoms. The Kier molecular flexibility index (Phi) is 5.54.